The number of Topliss-reactive ketones (excluding diaryl/α,β-unsaturated/α-hetero) is 1. The first-order chi connectivity index (χ1) is 26.7. The Labute approximate surface area is 336 Å². The van der Waals surface area contributed by atoms with E-state index in [0.717, 1.165) is 16.9 Å². The summed E-state index contributed by atoms with van der Waals surface area (Å²) in [5, 5.41) is 13.4. The number of aryl methyl sites for hydroxylation is 1. The number of ketones is 1. The quantitative estimate of drug-likeness (QED) is 0.109. The Morgan fingerprint density at radius 1 is 0.947 bits per heavy atom. The van der Waals surface area contributed by atoms with E-state index in [4.69, 9.17) is 51.5 Å². The fourth-order valence-electron chi connectivity index (χ4n) is 9.02. The largest absolute Gasteiger partial charge is 0.506 e. The average molecular weight is 825 g/mol. The number of fused-ring (bicyclic) bond motifs is 8. The van der Waals surface area contributed by atoms with Gasteiger partial charge in [0.1, 0.15) is 35.2 Å². The van der Waals surface area contributed by atoms with Crippen molar-refractivity contribution in [1.82, 2.24) is 0 Å². The highest BCUT2D eigenvalue weighted by Gasteiger charge is 2.93. The zero-order valence-electron chi connectivity index (χ0n) is 35.2. The summed E-state index contributed by atoms with van der Waals surface area (Å²) in [5.41, 5.74) is 1.63. The Morgan fingerprint density at radius 3 is 2.18 bits per heavy atom. The number of ether oxygens (including phenoxy) is 9. The number of phenols is 1. The van der Waals surface area contributed by atoms with Crippen LogP contribution in [-0.2, 0) is 43.9 Å². The van der Waals surface area contributed by atoms with Crippen LogP contribution < -0.4 is 14.2 Å². The summed E-state index contributed by atoms with van der Waals surface area (Å²) in [6.07, 6.45) is -3.81. The van der Waals surface area contributed by atoms with Gasteiger partial charge in [-0.1, -0.05) is 32.9 Å². The lowest BCUT2D eigenvalue weighted by Gasteiger charge is -2.51. The van der Waals surface area contributed by atoms with E-state index >= 15 is 0 Å². The summed E-state index contributed by atoms with van der Waals surface area (Å²) in [7, 11) is 1.28. The molecule has 4 aliphatic heterocycles. The molecule has 3 aromatic carbocycles. The van der Waals surface area contributed by atoms with Gasteiger partial charge in [-0.05, 0) is 74.0 Å². The molecule has 0 amide bonds. The third-order valence-electron chi connectivity index (χ3n) is 12.7. The molecule has 4 heterocycles. The molecule has 1 aliphatic carbocycles. The maximum atomic E-state index is 14.9. The number of hydrogen-bond donors (Lipinski definition) is 1. The molecule has 13 nitrogen and oxygen atoms in total. The molecule has 3 saturated heterocycles. The second-order valence-corrected chi connectivity index (χ2v) is 27.5. The molecule has 3 aromatic rings. The molecule has 3 fully saturated rings. The van der Waals surface area contributed by atoms with Gasteiger partial charge in [-0.2, -0.15) is 0 Å². The molecular weight excluding hydrogens is 769 g/mol. The summed E-state index contributed by atoms with van der Waals surface area (Å²) in [5.74, 6) is -2.19. The van der Waals surface area contributed by atoms with E-state index in [9.17, 15) is 9.90 Å². The first-order valence-corrected chi connectivity index (χ1v) is 25.9. The maximum Gasteiger partial charge on any atom is 0.268 e. The average Bonchev–Trinajstić information content (AvgIpc) is 3.81. The van der Waals surface area contributed by atoms with Crippen molar-refractivity contribution in [3.63, 3.8) is 0 Å². The molecule has 1 spiro atoms. The molecule has 0 unspecified atom stereocenters. The van der Waals surface area contributed by atoms with Crippen molar-refractivity contribution in [2.75, 3.05) is 35.0 Å². The van der Waals surface area contributed by atoms with Crippen LogP contribution in [0, 0.1) is 6.92 Å². The number of phenolic OH excluding ortho intramolecular Hbond substituents is 1. The predicted octanol–water partition coefficient (Wildman–Crippen LogP) is 7.60. The highest BCUT2D eigenvalue weighted by atomic mass is 28.4. The molecule has 0 aromatic heterocycles. The van der Waals surface area contributed by atoms with Gasteiger partial charge < -0.3 is 56.6 Å². The summed E-state index contributed by atoms with van der Waals surface area (Å²) in [6, 6.07) is 9.56. The Hall–Kier alpha value is -3.10. The van der Waals surface area contributed by atoms with E-state index in [2.05, 4.69) is 53.5 Å². The summed E-state index contributed by atoms with van der Waals surface area (Å²) in [4.78, 5) is 14.9. The molecule has 5 aliphatic rings. The number of carbonyl (C=O) groups is 1. The van der Waals surface area contributed by atoms with E-state index in [1.807, 2.05) is 37.3 Å². The summed E-state index contributed by atoms with van der Waals surface area (Å²) < 4.78 is 71.1. The molecule has 8 rings (SSSR count). The van der Waals surface area contributed by atoms with Crippen molar-refractivity contribution >= 4 is 33.2 Å². The number of rotatable bonds is 12. The van der Waals surface area contributed by atoms with Crippen LogP contribution in [-0.4, -0.2) is 98.2 Å². The molecule has 1 N–H and O–H groups in total. The van der Waals surface area contributed by atoms with Gasteiger partial charge in [0.25, 0.3) is 11.6 Å². The van der Waals surface area contributed by atoms with Crippen molar-refractivity contribution in [2.24, 2.45) is 0 Å². The molecule has 7 atom stereocenters. The smallest absolute Gasteiger partial charge is 0.268 e. The standard InChI is InChI=1S/C42H56O13Si2/c1-22-18-25-29(35-28(22)36-37-41(51-35,55-56(9,10)11)40(21-50-40)42(52-36,53-37)38(47-7)48-8)33(44)31-30(34(25)46-6)26(49-20-23-14-16-24(45-5)17-15-23)19-27(32(31)43)54-57(12,13)39(2,3)4/h14-18,26-27,36-38,44H,19-21H2,1-13H3/t26-,27-,36-,37-,40-,41-,42-/m0/s1. The summed E-state index contributed by atoms with van der Waals surface area (Å²) in [6.45, 7) is 19.2. The van der Waals surface area contributed by atoms with Crippen molar-refractivity contribution in [2.45, 2.75) is 126 Å². The van der Waals surface area contributed by atoms with Crippen LogP contribution in [0.15, 0.2) is 30.3 Å². The molecule has 0 saturated carbocycles. The number of benzene rings is 3. The topological polar surface area (TPSA) is 142 Å². The first-order valence-electron chi connectivity index (χ1n) is 19.5. The van der Waals surface area contributed by atoms with E-state index in [0.29, 0.717) is 28.0 Å². The van der Waals surface area contributed by atoms with Gasteiger partial charge in [0.2, 0.25) is 11.9 Å². The molecular formula is C42H56O13Si2. The van der Waals surface area contributed by atoms with Gasteiger partial charge in [-0.15, -0.1) is 0 Å². The third kappa shape index (κ3) is 5.79. The Bertz CT molecular complexity index is 2100. The van der Waals surface area contributed by atoms with Crippen LogP contribution in [0.3, 0.4) is 0 Å². The van der Waals surface area contributed by atoms with Crippen molar-refractivity contribution in [3.8, 4) is 23.0 Å². The van der Waals surface area contributed by atoms with Crippen LogP contribution in [0.5, 0.6) is 23.0 Å². The SMILES string of the molecule is COc1ccc(CO[C@H]2C[C@H](O[Si](C)(C)C(C)(C)C)C(=O)c3c2c(OC)c2cc(C)c4c(c2c3O)O[C@]2(O[Si](C)(C)C)[C@H]3O[C@](C(OC)OC)(O[C@@H]43)[C@]23CO3)cc1. The minimum Gasteiger partial charge on any atom is -0.506 e. The zero-order chi connectivity index (χ0) is 41.2. The van der Waals surface area contributed by atoms with Crippen LogP contribution in [0.4, 0.5) is 0 Å². The number of methoxy groups -OCH3 is 4. The monoisotopic (exact) mass is 824 g/mol. The highest BCUT2D eigenvalue weighted by molar-refractivity contribution is 6.74. The molecule has 57 heavy (non-hydrogen) atoms. The molecule has 310 valence electrons. The van der Waals surface area contributed by atoms with Crippen LogP contribution >= 0.6 is 0 Å². The Kier molecular flexibility index (Phi) is 9.60. The van der Waals surface area contributed by atoms with Gasteiger partial charge in [-0.3, -0.25) is 4.79 Å². The van der Waals surface area contributed by atoms with Crippen LogP contribution in [0.1, 0.15) is 72.0 Å². The van der Waals surface area contributed by atoms with Crippen molar-refractivity contribution in [3.05, 3.63) is 58.1 Å². The molecule has 0 radical (unpaired) electrons. The fourth-order valence-corrected chi connectivity index (χ4v) is 11.5. The number of carbonyl (C=O) groups excluding carboxylic acids is 1. The van der Waals surface area contributed by atoms with E-state index in [1.54, 1.807) is 14.2 Å². The Balaban J connectivity index is 1.34. The minimum absolute atomic E-state index is 0.0775. The predicted molar refractivity (Wildman–Crippen MR) is 214 cm³/mol. The van der Waals surface area contributed by atoms with E-state index in [1.165, 1.54) is 14.2 Å². The van der Waals surface area contributed by atoms with Gasteiger partial charge in [-0.25, -0.2) is 0 Å². The van der Waals surface area contributed by atoms with Gasteiger partial charge >= 0.3 is 0 Å². The maximum absolute atomic E-state index is 14.9. The van der Waals surface area contributed by atoms with Crippen molar-refractivity contribution in [1.29, 1.82) is 0 Å². The highest BCUT2D eigenvalue weighted by Crippen LogP contribution is 2.72. The lowest BCUT2D eigenvalue weighted by atomic mass is 9.77. The van der Waals surface area contributed by atoms with Gasteiger partial charge in [0.05, 0.1) is 44.5 Å². The molecule has 15 heteroatoms. The minimum atomic E-state index is -2.50. The van der Waals surface area contributed by atoms with E-state index in [-0.39, 0.29) is 47.2 Å². The lowest BCUT2D eigenvalue weighted by Crippen LogP contribution is -2.72. The lowest BCUT2D eigenvalue weighted by molar-refractivity contribution is -0.342. The number of hydrogen-bond acceptors (Lipinski definition) is 13. The van der Waals surface area contributed by atoms with E-state index < -0.39 is 64.5 Å². The number of aromatic hydroxyl groups is 1. The number of epoxide rings is 1. The normalized spacial score (nSPS) is 30.2. The van der Waals surface area contributed by atoms with Crippen LogP contribution in [0.2, 0.25) is 37.8 Å². The summed E-state index contributed by atoms with van der Waals surface area (Å²) >= 11 is 0. The van der Waals surface area contributed by atoms with Crippen LogP contribution in [0.25, 0.3) is 10.8 Å². The van der Waals surface area contributed by atoms with Crippen molar-refractivity contribution < 1.29 is 61.4 Å². The Morgan fingerprint density at radius 2 is 1.61 bits per heavy atom. The zero-order valence-corrected chi connectivity index (χ0v) is 37.2. The molecule has 2 bridgehead atoms. The third-order valence-corrected chi connectivity index (χ3v) is 18.1. The van der Waals surface area contributed by atoms with Gasteiger partial charge in [0, 0.05) is 37.2 Å². The second kappa shape index (κ2) is 13.5. The second-order valence-electron chi connectivity index (χ2n) is 18.3. The first kappa shape index (κ1) is 40.7. The van der Waals surface area contributed by atoms with Gasteiger partial charge in [0.15, 0.2) is 28.5 Å². The fraction of sp³-hybridized carbons (Fsp3) is 0.595.